The molecule has 80 valence electrons. The van der Waals surface area contributed by atoms with Crippen molar-refractivity contribution in [3.05, 3.63) is 11.8 Å². The fraction of sp³-hybridized carbons (Fsp3) is 0.500. The summed E-state index contributed by atoms with van der Waals surface area (Å²) in [4.78, 5) is 17.0. The number of carboxylic acid groups (broad SMARTS) is 1. The number of hydrogen-bond acceptors (Lipinski definition) is 3. The zero-order valence-electron chi connectivity index (χ0n) is 8.41. The average molecular weight is 224 g/mol. The molecule has 3 rings (SSSR count). The van der Waals surface area contributed by atoms with Crippen molar-refractivity contribution in [2.75, 3.05) is 18.5 Å². The maximum Gasteiger partial charge on any atom is 0.352 e. The van der Waals surface area contributed by atoms with Crippen molar-refractivity contribution in [1.82, 2.24) is 4.98 Å². The first-order chi connectivity index (χ1) is 7.10. The SMILES string of the molecule is CN1CC2(CC2)Sc2cc(C(=O)O)[nH]c21. The van der Waals surface area contributed by atoms with Crippen molar-refractivity contribution in [3.8, 4) is 0 Å². The van der Waals surface area contributed by atoms with Crippen LogP contribution >= 0.6 is 11.8 Å². The predicted octanol–water partition coefficient (Wildman–Crippen LogP) is 1.79. The number of H-pyrrole nitrogens is 1. The lowest BCUT2D eigenvalue weighted by Gasteiger charge is -2.30. The molecule has 2 N–H and O–H groups in total. The fourth-order valence-corrected chi connectivity index (χ4v) is 3.59. The molecule has 0 unspecified atom stereocenters. The molecule has 1 aliphatic carbocycles. The molecular formula is C10H12N2O2S. The van der Waals surface area contributed by atoms with Crippen LogP contribution in [0.15, 0.2) is 11.0 Å². The van der Waals surface area contributed by atoms with Gasteiger partial charge in [-0.15, -0.1) is 11.8 Å². The van der Waals surface area contributed by atoms with Gasteiger partial charge in [-0.3, -0.25) is 0 Å². The van der Waals surface area contributed by atoms with Crippen LogP contribution < -0.4 is 4.90 Å². The first kappa shape index (κ1) is 9.15. The van der Waals surface area contributed by atoms with Crippen LogP contribution in [0.25, 0.3) is 0 Å². The van der Waals surface area contributed by atoms with Gasteiger partial charge in [-0.1, -0.05) is 0 Å². The molecule has 4 nitrogen and oxygen atoms in total. The highest BCUT2D eigenvalue weighted by Gasteiger charge is 2.48. The molecule has 1 saturated carbocycles. The van der Waals surface area contributed by atoms with Gasteiger partial charge in [0.2, 0.25) is 0 Å². The van der Waals surface area contributed by atoms with E-state index in [0.29, 0.717) is 4.75 Å². The second-order valence-electron chi connectivity index (χ2n) is 4.34. The molecule has 1 aromatic rings. The lowest BCUT2D eigenvalue weighted by molar-refractivity contribution is 0.0691. The number of hydrogen-bond donors (Lipinski definition) is 2. The predicted molar refractivity (Wildman–Crippen MR) is 58.8 cm³/mol. The fourth-order valence-electron chi connectivity index (χ4n) is 2.08. The van der Waals surface area contributed by atoms with E-state index >= 15 is 0 Å². The molecule has 1 aliphatic heterocycles. The van der Waals surface area contributed by atoms with Gasteiger partial charge >= 0.3 is 5.97 Å². The number of anilines is 1. The van der Waals surface area contributed by atoms with E-state index in [4.69, 9.17) is 5.11 Å². The maximum absolute atomic E-state index is 10.8. The summed E-state index contributed by atoms with van der Waals surface area (Å²) in [5, 5.41) is 8.91. The molecule has 2 aliphatic rings. The molecule has 1 spiro atoms. The largest absolute Gasteiger partial charge is 0.477 e. The van der Waals surface area contributed by atoms with Gasteiger partial charge in [0.05, 0.1) is 4.90 Å². The van der Waals surface area contributed by atoms with Gasteiger partial charge in [-0.2, -0.15) is 0 Å². The van der Waals surface area contributed by atoms with Gasteiger partial charge in [0.15, 0.2) is 0 Å². The number of carbonyl (C=O) groups is 1. The van der Waals surface area contributed by atoms with Crippen molar-refractivity contribution in [1.29, 1.82) is 0 Å². The molecule has 0 aromatic carbocycles. The van der Waals surface area contributed by atoms with E-state index in [1.807, 2.05) is 18.8 Å². The van der Waals surface area contributed by atoms with Gasteiger partial charge in [-0.25, -0.2) is 4.79 Å². The Bertz CT molecular complexity index is 437. The summed E-state index contributed by atoms with van der Waals surface area (Å²) >= 11 is 1.83. The van der Waals surface area contributed by atoms with E-state index < -0.39 is 5.97 Å². The third-order valence-corrected chi connectivity index (χ3v) is 4.53. The second-order valence-corrected chi connectivity index (χ2v) is 5.85. The monoisotopic (exact) mass is 224 g/mol. The number of rotatable bonds is 1. The minimum atomic E-state index is -0.886. The van der Waals surface area contributed by atoms with E-state index in [-0.39, 0.29) is 5.69 Å². The lowest BCUT2D eigenvalue weighted by atomic mass is 10.3. The maximum atomic E-state index is 10.8. The number of aromatic carboxylic acids is 1. The summed E-state index contributed by atoms with van der Waals surface area (Å²) in [5.41, 5.74) is 0.289. The van der Waals surface area contributed by atoms with Crippen LogP contribution in [0, 0.1) is 0 Å². The Labute approximate surface area is 91.7 Å². The molecule has 0 saturated heterocycles. The zero-order chi connectivity index (χ0) is 10.6. The number of aromatic amines is 1. The number of thioether (sulfide) groups is 1. The molecule has 0 atom stereocenters. The van der Waals surface area contributed by atoms with E-state index in [2.05, 4.69) is 9.88 Å². The zero-order valence-corrected chi connectivity index (χ0v) is 9.23. The van der Waals surface area contributed by atoms with Crippen LogP contribution in [-0.2, 0) is 0 Å². The van der Waals surface area contributed by atoms with E-state index in [0.717, 1.165) is 17.3 Å². The Morgan fingerprint density at radius 1 is 1.67 bits per heavy atom. The van der Waals surface area contributed by atoms with Crippen LogP contribution in [0.4, 0.5) is 5.82 Å². The summed E-state index contributed by atoms with van der Waals surface area (Å²) in [6.45, 7) is 1.02. The molecule has 0 amide bonds. The second kappa shape index (κ2) is 2.72. The number of aromatic nitrogens is 1. The minimum absolute atomic E-state index is 0.289. The third-order valence-electron chi connectivity index (χ3n) is 3.03. The Kier molecular flexibility index (Phi) is 1.66. The van der Waals surface area contributed by atoms with Crippen molar-refractivity contribution in [2.24, 2.45) is 0 Å². The van der Waals surface area contributed by atoms with Gasteiger partial charge in [0.1, 0.15) is 11.5 Å². The van der Waals surface area contributed by atoms with Crippen molar-refractivity contribution < 1.29 is 9.90 Å². The van der Waals surface area contributed by atoms with Crippen LogP contribution in [0.1, 0.15) is 23.3 Å². The summed E-state index contributed by atoms with van der Waals surface area (Å²) in [6.07, 6.45) is 2.49. The lowest BCUT2D eigenvalue weighted by Crippen LogP contribution is -2.32. The Morgan fingerprint density at radius 2 is 2.40 bits per heavy atom. The molecule has 0 bridgehead atoms. The van der Waals surface area contributed by atoms with Crippen LogP contribution in [0.5, 0.6) is 0 Å². The van der Waals surface area contributed by atoms with Gasteiger partial charge in [0, 0.05) is 18.3 Å². The third kappa shape index (κ3) is 1.33. The van der Waals surface area contributed by atoms with Gasteiger partial charge in [0.25, 0.3) is 0 Å². The topological polar surface area (TPSA) is 56.3 Å². The molecule has 1 aromatic heterocycles. The van der Waals surface area contributed by atoms with Gasteiger partial charge < -0.3 is 15.0 Å². The first-order valence-electron chi connectivity index (χ1n) is 4.96. The smallest absolute Gasteiger partial charge is 0.352 e. The van der Waals surface area contributed by atoms with Crippen molar-refractivity contribution in [2.45, 2.75) is 22.5 Å². The van der Waals surface area contributed by atoms with Gasteiger partial charge in [-0.05, 0) is 18.9 Å². The average Bonchev–Trinajstić information content (AvgIpc) is 2.76. The summed E-state index contributed by atoms with van der Waals surface area (Å²) < 4.78 is 0.375. The number of fused-ring (bicyclic) bond motifs is 1. The molecule has 5 heteroatoms. The molecular weight excluding hydrogens is 212 g/mol. The summed E-state index contributed by atoms with van der Waals surface area (Å²) in [7, 11) is 2.01. The minimum Gasteiger partial charge on any atom is -0.477 e. The first-order valence-corrected chi connectivity index (χ1v) is 5.78. The van der Waals surface area contributed by atoms with E-state index in [9.17, 15) is 4.79 Å². The van der Waals surface area contributed by atoms with E-state index in [1.165, 1.54) is 12.8 Å². The van der Waals surface area contributed by atoms with Crippen LogP contribution in [0.3, 0.4) is 0 Å². The normalized spacial score (nSPS) is 21.5. The highest BCUT2D eigenvalue weighted by molar-refractivity contribution is 8.01. The van der Waals surface area contributed by atoms with Crippen molar-refractivity contribution >= 4 is 23.5 Å². The highest BCUT2D eigenvalue weighted by Crippen LogP contribution is 2.57. The van der Waals surface area contributed by atoms with E-state index in [1.54, 1.807) is 6.07 Å². The summed E-state index contributed by atoms with van der Waals surface area (Å²) in [5.74, 6) is 0.0678. The molecule has 1 fully saturated rings. The Hall–Kier alpha value is -1.10. The highest BCUT2D eigenvalue weighted by atomic mass is 32.2. The Morgan fingerprint density at radius 3 is 3.00 bits per heavy atom. The van der Waals surface area contributed by atoms with Crippen molar-refractivity contribution in [3.63, 3.8) is 0 Å². The quantitative estimate of drug-likeness (QED) is 0.763. The standard InChI is InChI=1S/C10H12N2O2S/c1-12-5-10(2-3-10)15-7-4-6(9(13)14)11-8(7)12/h4,11H,2-3,5H2,1H3,(H,13,14). The Balaban J connectivity index is 2.02. The van der Waals surface area contributed by atoms with Crippen LogP contribution in [0.2, 0.25) is 0 Å². The summed E-state index contributed by atoms with van der Waals surface area (Å²) in [6, 6.07) is 1.75. The molecule has 0 radical (unpaired) electrons. The number of nitrogens with zero attached hydrogens (tertiary/aromatic N) is 1. The van der Waals surface area contributed by atoms with Crippen LogP contribution in [-0.4, -0.2) is 34.4 Å². The molecule has 2 heterocycles. The molecule has 15 heavy (non-hydrogen) atoms. The number of carboxylic acids is 1. The number of nitrogens with one attached hydrogen (secondary N) is 1.